The van der Waals surface area contributed by atoms with Crippen LogP contribution in [0.2, 0.25) is 0 Å². The van der Waals surface area contributed by atoms with Crippen molar-refractivity contribution >= 4 is 11.8 Å². The van der Waals surface area contributed by atoms with Crippen LogP contribution in [0.25, 0.3) is 0 Å². The summed E-state index contributed by atoms with van der Waals surface area (Å²) in [5, 5.41) is 5.85. The fourth-order valence-electron chi connectivity index (χ4n) is 1.66. The average molecular weight is 213 g/mol. The van der Waals surface area contributed by atoms with Crippen molar-refractivity contribution in [3.63, 3.8) is 0 Å². The van der Waals surface area contributed by atoms with Crippen molar-refractivity contribution in [1.29, 1.82) is 0 Å². The molecule has 86 valence electrons. The lowest BCUT2D eigenvalue weighted by Crippen LogP contribution is -2.33. The molecule has 1 heterocycles. The largest absolute Gasteiger partial charge is 0.356 e. The van der Waals surface area contributed by atoms with Gasteiger partial charge in [0.25, 0.3) is 0 Å². The van der Waals surface area contributed by atoms with Gasteiger partial charge >= 0.3 is 0 Å². The zero-order chi connectivity index (χ0) is 11.3. The number of likely N-dealkylation sites (tertiary alicyclic amines) is 1. The van der Waals surface area contributed by atoms with E-state index in [1.807, 2.05) is 7.05 Å². The molecule has 0 spiro atoms. The number of rotatable bonds is 5. The summed E-state index contributed by atoms with van der Waals surface area (Å²) in [6, 6.07) is 0. The quantitative estimate of drug-likeness (QED) is 0.587. The molecule has 1 aliphatic heterocycles. The Balaban J connectivity index is 2.21. The van der Waals surface area contributed by atoms with Crippen molar-refractivity contribution in [2.45, 2.75) is 12.8 Å². The summed E-state index contributed by atoms with van der Waals surface area (Å²) in [5.41, 5.74) is 0. The summed E-state index contributed by atoms with van der Waals surface area (Å²) >= 11 is 0. The molecule has 2 N–H and O–H groups in total. The first-order valence-corrected chi connectivity index (χ1v) is 5.31. The van der Waals surface area contributed by atoms with Gasteiger partial charge in [-0.15, -0.1) is 0 Å². The monoisotopic (exact) mass is 213 g/mol. The van der Waals surface area contributed by atoms with E-state index in [9.17, 15) is 9.59 Å². The summed E-state index contributed by atoms with van der Waals surface area (Å²) in [6.45, 7) is 2.12. The standard InChI is InChI=1S/C10H19N3O2/c1-11-4-3-5-12-10(15)8-6-9(14)13(2)7-8/h8,11H,3-7H2,1-2H3,(H,12,15). The smallest absolute Gasteiger partial charge is 0.225 e. The van der Waals surface area contributed by atoms with Gasteiger partial charge in [0, 0.05) is 26.6 Å². The minimum atomic E-state index is -0.155. The zero-order valence-electron chi connectivity index (χ0n) is 9.38. The van der Waals surface area contributed by atoms with Crippen LogP contribution < -0.4 is 10.6 Å². The highest BCUT2D eigenvalue weighted by Crippen LogP contribution is 2.15. The van der Waals surface area contributed by atoms with Crippen LogP contribution in [0.3, 0.4) is 0 Å². The molecule has 5 nitrogen and oxygen atoms in total. The molecule has 0 aliphatic carbocycles. The molecule has 0 bridgehead atoms. The fraction of sp³-hybridized carbons (Fsp3) is 0.800. The highest BCUT2D eigenvalue weighted by Gasteiger charge is 2.31. The van der Waals surface area contributed by atoms with Crippen molar-refractivity contribution in [2.75, 3.05) is 33.7 Å². The van der Waals surface area contributed by atoms with Gasteiger partial charge in [0.2, 0.25) is 11.8 Å². The Bertz CT molecular complexity index is 243. The average Bonchev–Trinajstić information content (AvgIpc) is 2.54. The maximum absolute atomic E-state index is 11.6. The predicted molar refractivity (Wildman–Crippen MR) is 57.3 cm³/mol. The number of hydrogen-bond donors (Lipinski definition) is 2. The highest BCUT2D eigenvalue weighted by atomic mass is 16.2. The van der Waals surface area contributed by atoms with Gasteiger partial charge in [-0.05, 0) is 20.0 Å². The third-order valence-corrected chi connectivity index (χ3v) is 2.61. The molecule has 1 atom stereocenters. The number of nitrogens with zero attached hydrogens (tertiary/aromatic N) is 1. The van der Waals surface area contributed by atoms with E-state index in [1.165, 1.54) is 0 Å². The first-order chi connectivity index (χ1) is 7.15. The number of carbonyl (C=O) groups is 2. The van der Waals surface area contributed by atoms with Crippen LogP contribution in [-0.4, -0.2) is 50.4 Å². The molecule has 0 aromatic heterocycles. The molecule has 1 aliphatic rings. The third kappa shape index (κ3) is 3.51. The third-order valence-electron chi connectivity index (χ3n) is 2.61. The molecule has 1 fully saturated rings. The predicted octanol–water partition coefficient (Wildman–Crippen LogP) is -0.810. The summed E-state index contributed by atoms with van der Waals surface area (Å²) in [6.07, 6.45) is 1.27. The minimum Gasteiger partial charge on any atom is -0.356 e. The molecule has 0 aromatic carbocycles. The van der Waals surface area contributed by atoms with Gasteiger partial charge in [0.15, 0.2) is 0 Å². The van der Waals surface area contributed by atoms with Crippen LogP contribution in [0.15, 0.2) is 0 Å². The van der Waals surface area contributed by atoms with Gasteiger partial charge < -0.3 is 15.5 Å². The Morgan fingerprint density at radius 1 is 1.53 bits per heavy atom. The molecule has 0 saturated carbocycles. The normalized spacial score (nSPS) is 20.8. The van der Waals surface area contributed by atoms with Gasteiger partial charge in [0.1, 0.15) is 0 Å². The molecule has 0 radical (unpaired) electrons. The molecule has 5 heteroatoms. The molecule has 0 aromatic rings. The first-order valence-electron chi connectivity index (χ1n) is 5.31. The van der Waals surface area contributed by atoms with Crippen molar-refractivity contribution in [1.82, 2.24) is 15.5 Å². The first kappa shape index (κ1) is 12.0. The van der Waals surface area contributed by atoms with Crippen molar-refractivity contribution in [3.8, 4) is 0 Å². The van der Waals surface area contributed by atoms with Crippen molar-refractivity contribution in [3.05, 3.63) is 0 Å². The van der Waals surface area contributed by atoms with Crippen LogP contribution in [0.5, 0.6) is 0 Å². The summed E-state index contributed by atoms with van der Waals surface area (Å²) in [5.74, 6) is -0.0914. The summed E-state index contributed by atoms with van der Waals surface area (Å²) in [4.78, 5) is 24.4. The van der Waals surface area contributed by atoms with Crippen LogP contribution in [-0.2, 0) is 9.59 Å². The van der Waals surface area contributed by atoms with E-state index in [0.717, 1.165) is 13.0 Å². The Morgan fingerprint density at radius 3 is 2.80 bits per heavy atom. The van der Waals surface area contributed by atoms with Gasteiger partial charge in [-0.3, -0.25) is 9.59 Å². The molecular formula is C10H19N3O2. The molecule has 1 saturated heterocycles. The van der Waals surface area contributed by atoms with Crippen LogP contribution in [0.1, 0.15) is 12.8 Å². The Kier molecular flexibility index (Phi) is 4.55. The van der Waals surface area contributed by atoms with Crippen molar-refractivity contribution in [2.24, 2.45) is 5.92 Å². The van der Waals surface area contributed by atoms with Crippen LogP contribution in [0, 0.1) is 5.92 Å². The SMILES string of the molecule is CNCCCNC(=O)C1CC(=O)N(C)C1. The number of nitrogens with one attached hydrogen (secondary N) is 2. The van der Waals surface area contributed by atoms with E-state index in [1.54, 1.807) is 11.9 Å². The van der Waals surface area contributed by atoms with Gasteiger partial charge in [0.05, 0.1) is 5.92 Å². The van der Waals surface area contributed by atoms with Gasteiger partial charge in [-0.2, -0.15) is 0 Å². The second kappa shape index (κ2) is 5.70. The second-order valence-corrected chi connectivity index (χ2v) is 3.92. The fourth-order valence-corrected chi connectivity index (χ4v) is 1.66. The van der Waals surface area contributed by atoms with Crippen molar-refractivity contribution < 1.29 is 9.59 Å². The number of hydrogen-bond acceptors (Lipinski definition) is 3. The van der Waals surface area contributed by atoms with E-state index in [2.05, 4.69) is 10.6 Å². The summed E-state index contributed by atoms with van der Waals surface area (Å²) < 4.78 is 0. The van der Waals surface area contributed by atoms with E-state index < -0.39 is 0 Å². The Labute approximate surface area is 90.2 Å². The van der Waals surface area contributed by atoms with E-state index in [0.29, 0.717) is 19.5 Å². The zero-order valence-corrected chi connectivity index (χ0v) is 9.38. The van der Waals surface area contributed by atoms with Crippen LogP contribution in [0.4, 0.5) is 0 Å². The van der Waals surface area contributed by atoms with E-state index in [-0.39, 0.29) is 17.7 Å². The summed E-state index contributed by atoms with van der Waals surface area (Å²) in [7, 11) is 3.61. The Hall–Kier alpha value is -1.10. The molecule has 2 amide bonds. The molecule has 1 rings (SSSR count). The van der Waals surface area contributed by atoms with E-state index >= 15 is 0 Å². The molecular weight excluding hydrogens is 194 g/mol. The highest BCUT2D eigenvalue weighted by molar-refractivity contribution is 5.89. The van der Waals surface area contributed by atoms with Gasteiger partial charge in [-0.1, -0.05) is 0 Å². The van der Waals surface area contributed by atoms with Crippen LogP contribution >= 0.6 is 0 Å². The molecule has 15 heavy (non-hydrogen) atoms. The lowest BCUT2D eigenvalue weighted by molar-refractivity contribution is -0.128. The maximum atomic E-state index is 11.6. The lowest BCUT2D eigenvalue weighted by atomic mass is 10.1. The lowest BCUT2D eigenvalue weighted by Gasteiger charge is -2.10. The number of carbonyl (C=O) groups excluding carboxylic acids is 2. The number of amides is 2. The van der Waals surface area contributed by atoms with E-state index in [4.69, 9.17) is 0 Å². The second-order valence-electron chi connectivity index (χ2n) is 3.92. The topological polar surface area (TPSA) is 61.4 Å². The Morgan fingerprint density at radius 2 is 2.27 bits per heavy atom. The minimum absolute atomic E-state index is 0.00352. The maximum Gasteiger partial charge on any atom is 0.225 e. The van der Waals surface area contributed by atoms with Gasteiger partial charge in [-0.25, -0.2) is 0 Å². The molecule has 1 unspecified atom stereocenters.